The molecule has 5 aromatic rings. The normalized spacial score (nSPS) is 14.5. The van der Waals surface area contributed by atoms with Gasteiger partial charge >= 0.3 is 5.63 Å². The van der Waals surface area contributed by atoms with Crippen LogP contribution < -0.4 is 10.9 Å². The number of aromatic nitrogens is 2. The highest BCUT2D eigenvalue weighted by molar-refractivity contribution is 6.18. The Morgan fingerprint density at radius 2 is 2.03 bits per heavy atom. The number of aryl methyl sites for hydroxylation is 1. The van der Waals surface area contributed by atoms with E-state index < -0.39 is 23.0 Å². The Balaban J connectivity index is 1.45. The van der Waals surface area contributed by atoms with Crippen molar-refractivity contribution >= 4 is 38.8 Å². The van der Waals surface area contributed by atoms with E-state index >= 15 is 4.39 Å². The van der Waals surface area contributed by atoms with E-state index in [4.69, 9.17) is 4.42 Å². The summed E-state index contributed by atoms with van der Waals surface area (Å²) in [5, 5.41) is 14.9. The third-order valence-electron chi connectivity index (χ3n) is 7.01. The molecule has 0 aliphatic heterocycles. The van der Waals surface area contributed by atoms with E-state index in [-0.39, 0.29) is 24.4 Å². The Hall–Kier alpha value is -4.04. The predicted octanol–water partition coefficient (Wildman–Crippen LogP) is 4.30. The topological polar surface area (TPSA) is 97.4 Å². The molecule has 2 aromatic carbocycles. The summed E-state index contributed by atoms with van der Waals surface area (Å²) in [6, 6.07) is 13.9. The quantitative estimate of drug-likeness (QED) is 0.374. The largest absolute Gasteiger partial charge is 0.402 e. The monoisotopic (exact) mass is 485 g/mol. The molecule has 3 heterocycles. The van der Waals surface area contributed by atoms with Crippen molar-refractivity contribution in [2.45, 2.75) is 38.3 Å². The van der Waals surface area contributed by atoms with Crippen molar-refractivity contribution in [3.63, 3.8) is 0 Å². The summed E-state index contributed by atoms with van der Waals surface area (Å²) in [6.45, 7) is 2.29. The van der Waals surface area contributed by atoms with Crippen LogP contribution in [0.25, 0.3) is 32.9 Å². The summed E-state index contributed by atoms with van der Waals surface area (Å²) in [4.78, 5) is 29.8. The van der Waals surface area contributed by atoms with Gasteiger partial charge in [-0.25, -0.2) is 14.2 Å². The van der Waals surface area contributed by atoms with Crippen molar-refractivity contribution in [3.8, 4) is 0 Å². The molecular formula is C28H24FN3O4. The van der Waals surface area contributed by atoms with Gasteiger partial charge in [0.25, 0.3) is 5.91 Å². The van der Waals surface area contributed by atoms with Gasteiger partial charge in [0.05, 0.1) is 12.1 Å². The number of fused-ring (bicyclic) bond motifs is 5. The van der Waals surface area contributed by atoms with E-state index in [1.807, 2.05) is 18.2 Å². The van der Waals surface area contributed by atoms with Crippen LogP contribution in [-0.2, 0) is 13.0 Å². The molecular weight excluding hydrogens is 461 g/mol. The zero-order chi connectivity index (χ0) is 25.0. The maximum atomic E-state index is 15.2. The fourth-order valence-electron chi connectivity index (χ4n) is 4.72. The van der Waals surface area contributed by atoms with Crippen molar-refractivity contribution in [3.05, 3.63) is 87.7 Å². The maximum Gasteiger partial charge on any atom is 0.362 e. The van der Waals surface area contributed by atoms with Crippen molar-refractivity contribution < 1.29 is 18.7 Å². The first kappa shape index (κ1) is 22.4. The molecule has 1 aliphatic rings. The van der Waals surface area contributed by atoms with Crippen molar-refractivity contribution in [2.75, 3.05) is 6.54 Å². The Kier molecular flexibility index (Phi) is 5.15. The van der Waals surface area contributed by atoms with Crippen LogP contribution in [0.2, 0.25) is 0 Å². The molecule has 182 valence electrons. The molecule has 0 spiro atoms. The first-order valence-electron chi connectivity index (χ1n) is 12.0. The SMILES string of the molecule is CCc1ccc2c(c1)c1c3cccnc3oc(=O)c1n2Cc1ccc(C(=O)NCC2(O)CC2)cc1F. The molecule has 6 rings (SSSR count). The van der Waals surface area contributed by atoms with Crippen LogP contribution in [0.1, 0.15) is 41.3 Å². The molecule has 0 unspecified atom stereocenters. The van der Waals surface area contributed by atoms with Gasteiger partial charge in [0.2, 0.25) is 5.71 Å². The van der Waals surface area contributed by atoms with Gasteiger partial charge in [-0.2, -0.15) is 0 Å². The molecule has 1 aliphatic carbocycles. The fourth-order valence-corrected chi connectivity index (χ4v) is 4.72. The van der Waals surface area contributed by atoms with Crippen LogP contribution in [-0.4, -0.2) is 32.7 Å². The zero-order valence-electron chi connectivity index (χ0n) is 19.7. The van der Waals surface area contributed by atoms with Gasteiger partial charge < -0.3 is 19.4 Å². The summed E-state index contributed by atoms with van der Waals surface area (Å²) in [5.41, 5.74) is 1.63. The number of amides is 1. The van der Waals surface area contributed by atoms with Crippen molar-refractivity contribution in [1.29, 1.82) is 0 Å². The number of carbonyl (C=O) groups excluding carboxylic acids is 1. The standard InChI is InChI=1S/C28H24FN3O4/c1-2-16-5-8-22-20(12-16)23-19-4-3-11-30-26(19)36-27(34)24(23)32(22)14-18-7-6-17(13-21(18)29)25(33)31-15-28(35)9-10-28/h3-8,11-13,35H,2,9-10,14-15H2,1H3,(H,31,33). The number of nitrogens with one attached hydrogen (secondary N) is 1. The van der Waals surface area contributed by atoms with E-state index in [0.717, 1.165) is 28.3 Å². The van der Waals surface area contributed by atoms with E-state index in [0.29, 0.717) is 29.3 Å². The van der Waals surface area contributed by atoms with E-state index in [2.05, 4.69) is 23.3 Å². The summed E-state index contributed by atoms with van der Waals surface area (Å²) in [6.07, 6.45) is 3.71. The van der Waals surface area contributed by atoms with E-state index in [1.54, 1.807) is 29.0 Å². The highest BCUT2D eigenvalue weighted by Gasteiger charge is 2.40. The van der Waals surface area contributed by atoms with Gasteiger partial charge in [0.1, 0.15) is 11.3 Å². The molecule has 8 heteroatoms. The minimum absolute atomic E-state index is 0.0789. The molecule has 0 radical (unpaired) electrons. The molecule has 2 N–H and O–H groups in total. The van der Waals surface area contributed by atoms with Crippen molar-refractivity contribution in [1.82, 2.24) is 14.9 Å². The smallest absolute Gasteiger partial charge is 0.362 e. The second-order valence-corrected chi connectivity index (χ2v) is 9.47. The molecule has 36 heavy (non-hydrogen) atoms. The fraction of sp³-hybridized carbons (Fsp3) is 0.250. The first-order valence-corrected chi connectivity index (χ1v) is 12.0. The number of rotatable bonds is 6. The van der Waals surface area contributed by atoms with E-state index in [9.17, 15) is 14.7 Å². The number of pyridine rings is 1. The lowest BCUT2D eigenvalue weighted by Crippen LogP contribution is -2.33. The number of benzene rings is 2. The Bertz CT molecular complexity index is 1730. The van der Waals surface area contributed by atoms with Crippen LogP contribution in [0.15, 0.2) is 63.9 Å². The molecule has 0 saturated heterocycles. The number of nitrogens with zero attached hydrogens (tertiary/aromatic N) is 2. The Labute approximate surface area is 205 Å². The minimum Gasteiger partial charge on any atom is -0.402 e. The lowest BCUT2D eigenvalue weighted by Gasteiger charge is -2.12. The van der Waals surface area contributed by atoms with Crippen molar-refractivity contribution in [2.24, 2.45) is 0 Å². The highest BCUT2D eigenvalue weighted by Crippen LogP contribution is 2.35. The average molecular weight is 486 g/mol. The maximum absolute atomic E-state index is 15.2. The van der Waals surface area contributed by atoms with Crippen LogP contribution in [0.4, 0.5) is 4.39 Å². The molecule has 3 aromatic heterocycles. The number of hydrogen-bond acceptors (Lipinski definition) is 5. The van der Waals surface area contributed by atoms with E-state index in [1.165, 1.54) is 6.07 Å². The predicted molar refractivity (Wildman–Crippen MR) is 135 cm³/mol. The Morgan fingerprint density at radius 3 is 2.78 bits per heavy atom. The molecule has 1 saturated carbocycles. The molecule has 7 nitrogen and oxygen atoms in total. The second-order valence-electron chi connectivity index (χ2n) is 9.47. The van der Waals surface area contributed by atoms with Crippen LogP contribution in [0, 0.1) is 5.82 Å². The van der Waals surface area contributed by atoms with Gasteiger partial charge in [-0.05, 0) is 61.2 Å². The van der Waals surface area contributed by atoms with Crippen LogP contribution in [0.5, 0.6) is 0 Å². The van der Waals surface area contributed by atoms with Gasteiger partial charge in [-0.3, -0.25) is 4.79 Å². The van der Waals surface area contributed by atoms with Gasteiger partial charge in [-0.15, -0.1) is 0 Å². The third-order valence-corrected chi connectivity index (χ3v) is 7.01. The molecule has 0 bridgehead atoms. The summed E-state index contributed by atoms with van der Waals surface area (Å²) in [7, 11) is 0. The van der Waals surface area contributed by atoms with Gasteiger partial charge in [-0.1, -0.05) is 19.1 Å². The first-order chi connectivity index (χ1) is 17.4. The highest BCUT2D eigenvalue weighted by atomic mass is 19.1. The van der Waals surface area contributed by atoms with Crippen LogP contribution >= 0.6 is 0 Å². The molecule has 1 fully saturated rings. The number of halogens is 1. The minimum atomic E-state index is -0.830. The lowest BCUT2D eigenvalue weighted by molar-refractivity contribution is 0.0895. The second kappa shape index (κ2) is 8.27. The lowest BCUT2D eigenvalue weighted by atomic mass is 10.1. The number of hydrogen-bond donors (Lipinski definition) is 2. The Morgan fingerprint density at radius 1 is 1.19 bits per heavy atom. The average Bonchev–Trinajstić information content (AvgIpc) is 3.54. The number of carbonyl (C=O) groups is 1. The van der Waals surface area contributed by atoms with Gasteiger partial charge in [0.15, 0.2) is 0 Å². The third kappa shape index (κ3) is 3.74. The summed E-state index contributed by atoms with van der Waals surface area (Å²) < 4.78 is 22.5. The summed E-state index contributed by atoms with van der Waals surface area (Å²) >= 11 is 0. The summed E-state index contributed by atoms with van der Waals surface area (Å²) in [5.74, 6) is -0.996. The zero-order valence-corrected chi connectivity index (χ0v) is 19.7. The number of aliphatic hydroxyl groups is 1. The molecule has 0 atom stereocenters. The van der Waals surface area contributed by atoms with Crippen LogP contribution in [0.3, 0.4) is 0 Å². The van der Waals surface area contributed by atoms with Gasteiger partial charge in [0, 0.05) is 45.5 Å². The molecule has 1 amide bonds.